The summed E-state index contributed by atoms with van der Waals surface area (Å²) in [5.74, 6) is -4.75. The minimum absolute atomic E-state index is 0.0191. The number of nitrogens with one attached hydrogen (secondary N) is 2. The number of rotatable bonds is 11. The number of anilines is 1. The van der Waals surface area contributed by atoms with Crippen molar-refractivity contribution in [3.63, 3.8) is 0 Å². The molecule has 5 N–H and O–H groups in total. The Balaban J connectivity index is 1.47. The van der Waals surface area contributed by atoms with E-state index in [2.05, 4.69) is 10.6 Å². The number of ether oxygens (including phenoxy) is 3. The molecule has 0 saturated heterocycles. The van der Waals surface area contributed by atoms with Crippen LogP contribution in [0.4, 0.5) is 5.69 Å². The highest BCUT2D eigenvalue weighted by atomic mass is 35.5. The normalized spacial score (nSPS) is 19.1. The van der Waals surface area contributed by atoms with Gasteiger partial charge in [-0.05, 0) is 48.2 Å². The Hall–Kier alpha value is -4.57. The molecule has 1 heterocycles. The summed E-state index contributed by atoms with van der Waals surface area (Å²) in [6.45, 7) is 1.13. The van der Waals surface area contributed by atoms with Crippen LogP contribution >= 0.6 is 23.4 Å². The first kappa shape index (κ1) is 36.7. The number of carbonyl (C=O) groups excluding carboxylic acids is 4. The van der Waals surface area contributed by atoms with Gasteiger partial charge in [-0.15, -0.1) is 11.8 Å². The lowest BCUT2D eigenvalue weighted by Crippen LogP contribution is -2.53. The number of nitrogens with two attached hydrogens (primary N) is 1. The van der Waals surface area contributed by atoms with Crippen molar-refractivity contribution in [2.45, 2.75) is 41.1 Å². The number of carbonyl (C=O) groups is 4. The van der Waals surface area contributed by atoms with Crippen molar-refractivity contribution in [1.29, 1.82) is 0 Å². The molecule has 0 fully saturated rings. The lowest BCUT2D eigenvalue weighted by Gasteiger charge is -2.38. The molecule has 3 aromatic rings. The van der Waals surface area contributed by atoms with Gasteiger partial charge in [0.2, 0.25) is 33.2 Å². The molecule has 2 aliphatic rings. The van der Waals surface area contributed by atoms with Crippen LogP contribution in [0.1, 0.15) is 41.6 Å². The van der Waals surface area contributed by atoms with Gasteiger partial charge in [-0.1, -0.05) is 30.7 Å². The summed E-state index contributed by atoms with van der Waals surface area (Å²) in [6.07, 6.45) is 1.30. The number of fused-ring (bicyclic) bond motifs is 1. The van der Waals surface area contributed by atoms with E-state index in [1.807, 2.05) is 6.26 Å². The topological polar surface area (TPSA) is 200 Å². The van der Waals surface area contributed by atoms with Crippen molar-refractivity contribution in [2.75, 3.05) is 32.3 Å². The first-order valence-corrected chi connectivity index (χ1v) is 18.3. The number of halogens is 1. The SMILES string of the molecule is COc1cc(OC)c2c(c1Cl)O[C@]1(C2=O)C(O)=C(C(CC(=O)NCC(=O)Nc2ccc(S(N)(=O)=O)cc2)c2ccc(SC)cc2)C(=O)C[C@H]1C. The highest BCUT2D eigenvalue weighted by Crippen LogP contribution is 2.55. The highest BCUT2D eigenvalue weighted by molar-refractivity contribution is 7.98. The number of primary sulfonamides is 1. The average molecular weight is 744 g/mol. The smallest absolute Gasteiger partial charge is 0.243 e. The Bertz CT molecular complexity index is 2020. The van der Waals surface area contributed by atoms with E-state index in [4.69, 9.17) is 31.0 Å². The summed E-state index contributed by atoms with van der Waals surface area (Å²) in [5, 5.41) is 22.2. The van der Waals surface area contributed by atoms with Gasteiger partial charge in [0.25, 0.3) is 0 Å². The molecule has 0 radical (unpaired) electrons. The molecule has 0 bridgehead atoms. The molecular weight excluding hydrogens is 710 g/mol. The predicted octanol–water partition coefficient (Wildman–Crippen LogP) is 4.39. The van der Waals surface area contributed by atoms with Gasteiger partial charge in [0.05, 0.1) is 25.7 Å². The van der Waals surface area contributed by atoms with E-state index >= 15 is 0 Å². The van der Waals surface area contributed by atoms with E-state index in [1.165, 1.54) is 56.3 Å². The molecule has 264 valence electrons. The molecule has 50 heavy (non-hydrogen) atoms. The summed E-state index contributed by atoms with van der Waals surface area (Å²) in [6, 6.07) is 13.6. The number of hydrogen-bond donors (Lipinski definition) is 4. The van der Waals surface area contributed by atoms with E-state index in [1.54, 1.807) is 31.2 Å². The second-order valence-electron chi connectivity index (χ2n) is 11.7. The Morgan fingerprint density at radius 1 is 1.08 bits per heavy atom. The number of aliphatic hydroxyl groups is 1. The number of thioether (sulfide) groups is 1. The van der Waals surface area contributed by atoms with Crippen LogP contribution in [-0.4, -0.2) is 69.5 Å². The number of benzene rings is 3. The van der Waals surface area contributed by atoms with Crippen LogP contribution in [0, 0.1) is 5.92 Å². The molecule has 1 unspecified atom stereocenters. The van der Waals surface area contributed by atoms with Crippen molar-refractivity contribution >= 4 is 62.5 Å². The van der Waals surface area contributed by atoms with Crippen LogP contribution in [0.15, 0.2) is 75.7 Å². The molecule has 2 amide bonds. The zero-order valence-corrected chi connectivity index (χ0v) is 29.8. The van der Waals surface area contributed by atoms with Gasteiger partial charge in [0.15, 0.2) is 17.3 Å². The summed E-state index contributed by atoms with van der Waals surface area (Å²) >= 11 is 8.05. The van der Waals surface area contributed by atoms with Crippen molar-refractivity contribution in [3.8, 4) is 17.2 Å². The number of Topliss-reactive ketones (excluding diaryl/α,β-unsaturated/α-hetero) is 2. The van der Waals surface area contributed by atoms with Crippen LogP contribution in [0.3, 0.4) is 0 Å². The van der Waals surface area contributed by atoms with Gasteiger partial charge in [-0.2, -0.15) is 0 Å². The Morgan fingerprint density at radius 2 is 1.72 bits per heavy atom. The molecule has 0 saturated carbocycles. The largest absolute Gasteiger partial charge is 0.507 e. The number of ketones is 2. The molecular formula is C34H34ClN3O10S2. The van der Waals surface area contributed by atoms with Crippen LogP contribution < -0.4 is 30.0 Å². The monoisotopic (exact) mass is 743 g/mol. The van der Waals surface area contributed by atoms with Gasteiger partial charge < -0.3 is 30.0 Å². The quantitative estimate of drug-likeness (QED) is 0.203. The van der Waals surface area contributed by atoms with Gasteiger partial charge in [0.1, 0.15) is 22.1 Å². The first-order valence-electron chi connectivity index (χ1n) is 15.1. The number of hydrogen-bond acceptors (Lipinski definition) is 11. The second-order valence-corrected chi connectivity index (χ2v) is 14.5. The minimum Gasteiger partial charge on any atom is -0.507 e. The lowest BCUT2D eigenvalue weighted by atomic mass is 9.69. The molecule has 16 heteroatoms. The van der Waals surface area contributed by atoms with E-state index in [0.717, 1.165) is 4.90 Å². The Labute approximate surface area is 297 Å². The zero-order chi connectivity index (χ0) is 36.5. The van der Waals surface area contributed by atoms with E-state index in [-0.39, 0.29) is 56.8 Å². The van der Waals surface area contributed by atoms with Crippen LogP contribution in [-0.2, 0) is 24.4 Å². The standard InChI is InChI=1S/C34H34ClN3O10S2/c1-17-13-23(39)28(32(42)34(17)33(43)29-24(46-2)15-25(47-3)30(35)31(29)48-34)22(18-5-9-20(49-4)10-6-18)14-26(40)37-16-27(41)38-19-7-11-21(12-8-19)50(36,44)45/h5-12,15,17,22,42H,13-14,16H2,1-4H3,(H,37,40)(H,38,41)(H2,36,44,45)/t17-,22?,34+/m1/s1. The maximum Gasteiger partial charge on any atom is 0.243 e. The fourth-order valence-corrected chi connectivity index (χ4v) is 7.32. The van der Waals surface area contributed by atoms with Crippen LogP contribution in [0.25, 0.3) is 0 Å². The minimum atomic E-state index is -3.92. The third-order valence-electron chi connectivity index (χ3n) is 8.68. The number of allylic oxidation sites excluding steroid dienone is 1. The van der Waals surface area contributed by atoms with E-state index in [0.29, 0.717) is 5.56 Å². The summed E-state index contributed by atoms with van der Waals surface area (Å²) < 4.78 is 40.0. The van der Waals surface area contributed by atoms with Gasteiger partial charge in [0, 0.05) is 46.9 Å². The third-order valence-corrected chi connectivity index (χ3v) is 10.7. The number of aliphatic hydroxyl groups excluding tert-OH is 1. The fourth-order valence-electron chi connectivity index (χ4n) is 6.13. The molecule has 3 atom stereocenters. The van der Waals surface area contributed by atoms with Crippen molar-refractivity contribution in [2.24, 2.45) is 11.1 Å². The second kappa shape index (κ2) is 14.3. The maximum atomic E-state index is 14.3. The Morgan fingerprint density at radius 3 is 2.30 bits per heavy atom. The van der Waals surface area contributed by atoms with Crippen LogP contribution in [0.2, 0.25) is 5.02 Å². The zero-order valence-electron chi connectivity index (χ0n) is 27.4. The first-order chi connectivity index (χ1) is 23.7. The number of methoxy groups -OCH3 is 2. The molecule has 13 nitrogen and oxygen atoms in total. The summed E-state index contributed by atoms with van der Waals surface area (Å²) in [4.78, 5) is 54.9. The molecule has 3 aromatic carbocycles. The molecule has 1 spiro atoms. The fraction of sp³-hybridized carbons (Fsp3) is 0.294. The lowest BCUT2D eigenvalue weighted by molar-refractivity contribution is -0.124. The summed E-state index contributed by atoms with van der Waals surface area (Å²) in [7, 11) is -1.18. The Kier molecular flexibility index (Phi) is 10.5. The molecule has 1 aliphatic carbocycles. The molecule has 0 aromatic heterocycles. The van der Waals surface area contributed by atoms with Crippen LogP contribution in [0.5, 0.6) is 17.2 Å². The van der Waals surface area contributed by atoms with Gasteiger partial charge >= 0.3 is 0 Å². The maximum absolute atomic E-state index is 14.3. The van der Waals surface area contributed by atoms with E-state index < -0.39 is 63.1 Å². The van der Waals surface area contributed by atoms with Crippen molar-refractivity contribution in [1.82, 2.24) is 5.32 Å². The third kappa shape index (κ3) is 6.77. The van der Waals surface area contributed by atoms with Gasteiger partial charge in [-0.25, -0.2) is 13.6 Å². The van der Waals surface area contributed by atoms with Crippen molar-refractivity contribution < 1.29 is 46.9 Å². The average Bonchev–Trinajstić information content (AvgIpc) is 3.40. The van der Waals surface area contributed by atoms with Gasteiger partial charge in [-0.3, -0.25) is 19.2 Å². The van der Waals surface area contributed by atoms with Crippen molar-refractivity contribution in [3.05, 3.63) is 82.1 Å². The molecule has 5 rings (SSSR count). The predicted molar refractivity (Wildman–Crippen MR) is 186 cm³/mol. The molecule has 1 aliphatic heterocycles. The number of sulfonamides is 1. The highest BCUT2D eigenvalue weighted by Gasteiger charge is 2.61. The van der Waals surface area contributed by atoms with E-state index in [9.17, 15) is 32.7 Å². The number of amides is 2. The summed E-state index contributed by atoms with van der Waals surface area (Å²) in [5.41, 5.74) is -1.49.